The first kappa shape index (κ1) is 16.1. The number of hydrogen-bond acceptors (Lipinski definition) is 7. The molecule has 1 amide bonds. The summed E-state index contributed by atoms with van der Waals surface area (Å²) in [5, 5.41) is 31.6. The van der Waals surface area contributed by atoms with Crippen LogP contribution in [-0.2, 0) is 6.54 Å². The summed E-state index contributed by atoms with van der Waals surface area (Å²) in [5.41, 5.74) is 1.31. The molecular formula is C16H20N6O3. The standard InChI is InChI=1S/C16H20N6O3/c23-14-10(6-22-7-13(20-21-22)9-1-2-9)3-12(15(14)24)19-16(25)11-4-17-8-18-5-11/h4-5,7-10,12,14-15,23-24H,1-3,6H2,(H,19,25). The van der Waals surface area contributed by atoms with Crippen molar-refractivity contribution in [1.82, 2.24) is 30.3 Å². The van der Waals surface area contributed by atoms with Gasteiger partial charge in [0.15, 0.2) is 0 Å². The van der Waals surface area contributed by atoms with E-state index in [4.69, 9.17) is 0 Å². The van der Waals surface area contributed by atoms with Crippen molar-refractivity contribution in [3.05, 3.63) is 36.2 Å². The number of amides is 1. The number of carbonyl (C=O) groups is 1. The van der Waals surface area contributed by atoms with Gasteiger partial charge in [-0.05, 0) is 19.3 Å². The molecular weight excluding hydrogens is 324 g/mol. The van der Waals surface area contributed by atoms with E-state index in [9.17, 15) is 15.0 Å². The molecule has 25 heavy (non-hydrogen) atoms. The highest BCUT2D eigenvalue weighted by atomic mass is 16.3. The number of nitrogens with one attached hydrogen (secondary N) is 1. The Morgan fingerprint density at radius 2 is 2.00 bits per heavy atom. The van der Waals surface area contributed by atoms with Crippen LogP contribution in [0.2, 0.25) is 0 Å². The molecule has 4 unspecified atom stereocenters. The van der Waals surface area contributed by atoms with Crippen LogP contribution in [0.3, 0.4) is 0 Å². The number of rotatable bonds is 5. The smallest absolute Gasteiger partial charge is 0.254 e. The maximum Gasteiger partial charge on any atom is 0.254 e. The third-order valence-electron chi connectivity index (χ3n) is 4.91. The van der Waals surface area contributed by atoms with Gasteiger partial charge in [0.1, 0.15) is 12.4 Å². The van der Waals surface area contributed by atoms with Gasteiger partial charge < -0.3 is 15.5 Å². The molecule has 4 atom stereocenters. The zero-order chi connectivity index (χ0) is 17.4. The Balaban J connectivity index is 1.39. The number of hydrogen-bond donors (Lipinski definition) is 3. The first-order chi connectivity index (χ1) is 12.1. The van der Waals surface area contributed by atoms with Gasteiger partial charge in [-0.2, -0.15) is 0 Å². The Kier molecular flexibility index (Phi) is 4.18. The van der Waals surface area contributed by atoms with Crippen LogP contribution in [0, 0.1) is 5.92 Å². The van der Waals surface area contributed by atoms with Crippen molar-refractivity contribution >= 4 is 5.91 Å². The average molecular weight is 344 g/mol. The van der Waals surface area contributed by atoms with Gasteiger partial charge in [0.05, 0.1) is 23.4 Å². The molecule has 0 aromatic carbocycles. The van der Waals surface area contributed by atoms with Gasteiger partial charge in [-0.1, -0.05) is 5.21 Å². The molecule has 0 aliphatic heterocycles. The Morgan fingerprint density at radius 3 is 2.72 bits per heavy atom. The minimum atomic E-state index is -1.02. The lowest BCUT2D eigenvalue weighted by molar-refractivity contribution is 0.00761. The maximum absolute atomic E-state index is 12.2. The molecule has 2 saturated carbocycles. The quantitative estimate of drug-likeness (QED) is 0.666. The van der Waals surface area contributed by atoms with Crippen molar-refractivity contribution in [1.29, 1.82) is 0 Å². The largest absolute Gasteiger partial charge is 0.390 e. The van der Waals surface area contributed by atoms with Crippen LogP contribution in [0.15, 0.2) is 24.9 Å². The Labute approximate surface area is 144 Å². The molecule has 0 saturated heterocycles. The lowest BCUT2D eigenvalue weighted by Crippen LogP contribution is -2.43. The minimum absolute atomic E-state index is 0.207. The van der Waals surface area contributed by atoms with Gasteiger partial charge >= 0.3 is 0 Å². The molecule has 0 radical (unpaired) electrons. The number of carbonyl (C=O) groups excluding carboxylic acids is 1. The van der Waals surface area contributed by atoms with E-state index in [-0.39, 0.29) is 11.8 Å². The normalized spacial score (nSPS) is 28.9. The second-order valence-electron chi connectivity index (χ2n) is 6.82. The summed E-state index contributed by atoms with van der Waals surface area (Å²) in [6, 6.07) is -0.529. The Morgan fingerprint density at radius 1 is 1.24 bits per heavy atom. The van der Waals surface area contributed by atoms with Crippen LogP contribution in [0.5, 0.6) is 0 Å². The van der Waals surface area contributed by atoms with E-state index in [0.29, 0.717) is 24.4 Å². The zero-order valence-corrected chi connectivity index (χ0v) is 13.6. The summed E-state index contributed by atoms with van der Waals surface area (Å²) in [7, 11) is 0. The third-order valence-corrected chi connectivity index (χ3v) is 4.91. The fourth-order valence-electron chi connectivity index (χ4n) is 3.33. The Bertz CT molecular complexity index is 747. The van der Waals surface area contributed by atoms with E-state index in [1.54, 1.807) is 4.68 Å². The number of aliphatic hydroxyl groups is 2. The monoisotopic (exact) mass is 344 g/mol. The summed E-state index contributed by atoms with van der Waals surface area (Å²) in [5.74, 6) is -0.0525. The van der Waals surface area contributed by atoms with E-state index in [2.05, 4.69) is 25.6 Å². The van der Waals surface area contributed by atoms with E-state index in [1.165, 1.54) is 18.7 Å². The average Bonchev–Trinajstić information content (AvgIpc) is 3.33. The molecule has 2 aliphatic carbocycles. The predicted molar refractivity (Wildman–Crippen MR) is 85.4 cm³/mol. The highest BCUT2D eigenvalue weighted by Gasteiger charge is 2.42. The zero-order valence-electron chi connectivity index (χ0n) is 13.6. The lowest BCUT2D eigenvalue weighted by atomic mass is 10.1. The molecule has 0 spiro atoms. The first-order valence-corrected chi connectivity index (χ1v) is 8.44. The van der Waals surface area contributed by atoms with E-state index in [1.807, 2.05) is 6.20 Å². The second kappa shape index (κ2) is 6.49. The van der Waals surface area contributed by atoms with Crippen molar-refractivity contribution in [3.8, 4) is 0 Å². The summed E-state index contributed by atoms with van der Waals surface area (Å²) < 4.78 is 1.71. The molecule has 2 aliphatic rings. The van der Waals surface area contributed by atoms with E-state index < -0.39 is 18.2 Å². The molecule has 4 rings (SSSR count). The predicted octanol–water partition coefficient (Wildman–Crippen LogP) is -0.514. The summed E-state index contributed by atoms with van der Waals surface area (Å²) >= 11 is 0. The Hall–Kier alpha value is -2.39. The molecule has 0 bridgehead atoms. The van der Waals surface area contributed by atoms with Crippen LogP contribution in [-0.4, -0.2) is 59.3 Å². The summed E-state index contributed by atoms with van der Waals surface area (Å²) in [6.45, 7) is 0.457. The lowest BCUT2D eigenvalue weighted by Gasteiger charge is -2.18. The molecule has 9 heteroatoms. The van der Waals surface area contributed by atoms with Gasteiger partial charge in [-0.3, -0.25) is 9.48 Å². The minimum Gasteiger partial charge on any atom is -0.390 e. The van der Waals surface area contributed by atoms with Gasteiger partial charge in [0, 0.05) is 37.0 Å². The van der Waals surface area contributed by atoms with Gasteiger partial charge in [0.2, 0.25) is 0 Å². The topological polar surface area (TPSA) is 126 Å². The molecule has 132 valence electrons. The van der Waals surface area contributed by atoms with Gasteiger partial charge in [-0.25, -0.2) is 9.97 Å². The van der Waals surface area contributed by atoms with Crippen LogP contribution in [0.4, 0.5) is 0 Å². The van der Waals surface area contributed by atoms with Gasteiger partial charge in [0.25, 0.3) is 5.91 Å². The van der Waals surface area contributed by atoms with Crippen LogP contribution < -0.4 is 5.32 Å². The van der Waals surface area contributed by atoms with Crippen LogP contribution >= 0.6 is 0 Å². The SMILES string of the molecule is O=C(NC1CC(Cn2cc(C3CC3)nn2)C(O)C1O)c1cncnc1. The van der Waals surface area contributed by atoms with Crippen molar-refractivity contribution in [2.24, 2.45) is 5.92 Å². The fraction of sp³-hybridized carbons (Fsp3) is 0.562. The van der Waals surface area contributed by atoms with Crippen LogP contribution in [0.25, 0.3) is 0 Å². The summed E-state index contributed by atoms with van der Waals surface area (Å²) in [6.07, 6.45) is 6.88. The molecule has 3 N–H and O–H groups in total. The molecule has 9 nitrogen and oxygen atoms in total. The summed E-state index contributed by atoms with van der Waals surface area (Å²) in [4.78, 5) is 19.8. The first-order valence-electron chi connectivity index (χ1n) is 8.44. The third kappa shape index (κ3) is 3.38. The van der Waals surface area contributed by atoms with Crippen molar-refractivity contribution in [2.45, 2.75) is 50.0 Å². The molecule has 2 aromatic heterocycles. The number of aliphatic hydroxyl groups excluding tert-OH is 2. The van der Waals surface area contributed by atoms with E-state index >= 15 is 0 Å². The van der Waals surface area contributed by atoms with E-state index in [0.717, 1.165) is 18.5 Å². The fourth-order valence-corrected chi connectivity index (χ4v) is 3.33. The number of nitrogens with zero attached hydrogens (tertiary/aromatic N) is 5. The van der Waals surface area contributed by atoms with Crippen molar-refractivity contribution < 1.29 is 15.0 Å². The van der Waals surface area contributed by atoms with Crippen LogP contribution in [0.1, 0.15) is 41.2 Å². The maximum atomic E-state index is 12.2. The molecule has 2 fully saturated rings. The number of aromatic nitrogens is 5. The highest BCUT2D eigenvalue weighted by molar-refractivity contribution is 5.93. The molecule has 2 aromatic rings. The second-order valence-corrected chi connectivity index (χ2v) is 6.82. The van der Waals surface area contributed by atoms with Gasteiger partial charge in [-0.15, -0.1) is 5.10 Å². The van der Waals surface area contributed by atoms with Crippen molar-refractivity contribution in [2.75, 3.05) is 0 Å². The highest BCUT2D eigenvalue weighted by Crippen LogP contribution is 2.38. The van der Waals surface area contributed by atoms with Crippen molar-refractivity contribution in [3.63, 3.8) is 0 Å². The molecule has 2 heterocycles.